The first-order chi connectivity index (χ1) is 4.22. The standard InChI is InChI=1S/C6H8N2O/c1-5-3-4-7-6(9)8(5)2/h3-4H,1-2H3/p+1. The van der Waals surface area contributed by atoms with Crippen LogP contribution in [0.5, 0.6) is 0 Å². The molecule has 0 saturated heterocycles. The monoisotopic (exact) mass is 125 g/mol. The zero-order valence-corrected chi connectivity index (χ0v) is 5.51. The fourth-order valence-corrected chi connectivity index (χ4v) is 0.602. The van der Waals surface area contributed by atoms with Gasteiger partial charge >= 0.3 is 5.69 Å². The Balaban J connectivity index is 3.43. The molecule has 3 nitrogen and oxygen atoms in total. The van der Waals surface area contributed by atoms with Crippen LogP contribution >= 0.6 is 0 Å². The minimum Gasteiger partial charge on any atom is -0.211 e. The molecule has 0 aliphatic heterocycles. The molecule has 0 amide bonds. The topological polar surface area (TPSA) is 36.7 Å². The first kappa shape index (κ1) is 6.01. The molecule has 0 aliphatic carbocycles. The van der Waals surface area contributed by atoms with Gasteiger partial charge in [0.2, 0.25) is 0 Å². The summed E-state index contributed by atoms with van der Waals surface area (Å²) >= 11 is 0. The highest BCUT2D eigenvalue weighted by Gasteiger charge is 1.98. The molecule has 0 bridgehead atoms. The molecule has 0 unspecified atom stereocenters. The molecular formula is C6H9N2O+. The summed E-state index contributed by atoms with van der Waals surface area (Å²) in [6, 6.07) is 1.85. The Bertz CT molecular complexity index is 264. The van der Waals surface area contributed by atoms with Crippen molar-refractivity contribution in [2.75, 3.05) is 0 Å². The van der Waals surface area contributed by atoms with Gasteiger partial charge in [-0.15, -0.1) is 0 Å². The average molecular weight is 125 g/mol. The third-order valence-electron chi connectivity index (χ3n) is 1.37. The summed E-state index contributed by atoms with van der Waals surface area (Å²) in [5, 5.41) is 0. The van der Waals surface area contributed by atoms with Crippen LogP contribution < -0.4 is 10.3 Å². The second-order valence-electron chi connectivity index (χ2n) is 1.98. The van der Waals surface area contributed by atoms with Crippen molar-refractivity contribution in [2.45, 2.75) is 6.92 Å². The molecule has 1 aromatic heterocycles. The summed E-state index contributed by atoms with van der Waals surface area (Å²) in [6.45, 7) is 1.88. The second-order valence-corrected chi connectivity index (χ2v) is 1.98. The lowest BCUT2D eigenvalue weighted by atomic mass is 10.4. The predicted molar refractivity (Wildman–Crippen MR) is 33.0 cm³/mol. The molecule has 0 saturated carbocycles. The fourth-order valence-electron chi connectivity index (χ4n) is 0.602. The van der Waals surface area contributed by atoms with Crippen LogP contribution in [-0.4, -0.2) is 4.98 Å². The number of nitrogens with one attached hydrogen (secondary N) is 1. The molecule has 1 aromatic rings. The minimum absolute atomic E-state index is 0.0741. The van der Waals surface area contributed by atoms with Crippen molar-refractivity contribution < 1.29 is 4.57 Å². The molecule has 1 N–H and O–H groups in total. The van der Waals surface area contributed by atoms with E-state index in [0.717, 1.165) is 5.69 Å². The smallest absolute Gasteiger partial charge is 0.211 e. The molecule has 0 atom stereocenters. The van der Waals surface area contributed by atoms with E-state index in [0.29, 0.717) is 0 Å². The largest absolute Gasteiger partial charge is 0.495 e. The quantitative estimate of drug-likeness (QED) is 0.467. The summed E-state index contributed by atoms with van der Waals surface area (Å²) in [4.78, 5) is 13.3. The summed E-state index contributed by atoms with van der Waals surface area (Å²) in [5.41, 5.74) is 0.883. The van der Waals surface area contributed by atoms with Crippen LogP contribution in [0.2, 0.25) is 0 Å². The van der Waals surface area contributed by atoms with Gasteiger partial charge < -0.3 is 0 Å². The van der Waals surface area contributed by atoms with Crippen molar-refractivity contribution >= 4 is 0 Å². The van der Waals surface area contributed by atoms with E-state index in [1.54, 1.807) is 17.8 Å². The van der Waals surface area contributed by atoms with Crippen molar-refractivity contribution in [2.24, 2.45) is 7.05 Å². The Morgan fingerprint density at radius 2 is 2.33 bits per heavy atom. The van der Waals surface area contributed by atoms with Crippen molar-refractivity contribution in [3.63, 3.8) is 0 Å². The second kappa shape index (κ2) is 2.01. The maximum absolute atomic E-state index is 10.7. The molecule has 0 aromatic carbocycles. The van der Waals surface area contributed by atoms with Crippen LogP contribution in [0, 0.1) is 6.92 Å². The molecule has 0 aliphatic rings. The lowest BCUT2D eigenvalue weighted by molar-refractivity contribution is -0.695. The van der Waals surface area contributed by atoms with E-state index < -0.39 is 0 Å². The highest BCUT2D eigenvalue weighted by molar-refractivity contribution is 4.86. The van der Waals surface area contributed by atoms with Gasteiger partial charge in [-0.2, -0.15) is 9.36 Å². The van der Waals surface area contributed by atoms with Gasteiger partial charge in [-0.1, -0.05) is 0 Å². The molecule has 48 valence electrons. The van der Waals surface area contributed by atoms with Gasteiger partial charge in [0.1, 0.15) is 5.69 Å². The van der Waals surface area contributed by atoms with Crippen LogP contribution in [0.15, 0.2) is 17.1 Å². The normalized spacial score (nSPS) is 9.56. The Kier molecular flexibility index (Phi) is 1.34. The number of hydrogen-bond donors (Lipinski definition) is 1. The van der Waals surface area contributed by atoms with E-state index >= 15 is 0 Å². The zero-order chi connectivity index (χ0) is 6.85. The summed E-state index contributed by atoms with van der Waals surface area (Å²) in [5.74, 6) is 0. The SMILES string of the molecule is Cc1cc[nH]c(=O)[n+]1C. The van der Waals surface area contributed by atoms with Crippen LogP contribution in [0.25, 0.3) is 0 Å². The molecule has 1 rings (SSSR count). The number of aromatic nitrogens is 2. The lowest BCUT2D eigenvalue weighted by Crippen LogP contribution is -2.49. The number of H-pyrrole nitrogens is 1. The van der Waals surface area contributed by atoms with E-state index in [-0.39, 0.29) is 5.69 Å². The molecule has 0 radical (unpaired) electrons. The van der Waals surface area contributed by atoms with Gasteiger partial charge in [-0.05, 0) is 6.92 Å². The van der Waals surface area contributed by atoms with E-state index in [1.807, 2.05) is 13.0 Å². The van der Waals surface area contributed by atoms with Gasteiger partial charge in [0, 0.05) is 6.07 Å². The maximum atomic E-state index is 10.7. The molecule has 1 heterocycles. The van der Waals surface area contributed by atoms with Crippen molar-refractivity contribution in [3.05, 3.63) is 28.4 Å². The third-order valence-corrected chi connectivity index (χ3v) is 1.37. The number of aryl methyl sites for hydroxylation is 1. The molecule has 0 fully saturated rings. The summed E-state index contributed by atoms with van der Waals surface area (Å²) < 4.78 is 1.56. The highest BCUT2D eigenvalue weighted by atomic mass is 16.1. The fraction of sp³-hybridized carbons (Fsp3) is 0.333. The number of nitrogens with zero attached hydrogens (tertiary/aromatic N) is 1. The number of hydrogen-bond acceptors (Lipinski definition) is 1. The van der Waals surface area contributed by atoms with Crippen molar-refractivity contribution in [1.82, 2.24) is 4.98 Å². The van der Waals surface area contributed by atoms with Crippen LogP contribution in [-0.2, 0) is 7.05 Å². The Morgan fingerprint density at radius 1 is 1.67 bits per heavy atom. The predicted octanol–water partition coefficient (Wildman–Crippen LogP) is -0.492. The third kappa shape index (κ3) is 0.988. The first-order valence-electron chi connectivity index (χ1n) is 2.76. The van der Waals surface area contributed by atoms with E-state index in [9.17, 15) is 4.79 Å². The molecule has 0 spiro atoms. The summed E-state index contributed by atoms with van der Waals surface area (Å²) in [6.07, 6.45) is 1.64. The lowest BCUT2D eigenvalue weighted by Gasteiger charge is -1.89. The van der Waals surface area contributed by atoms with Crippen LogP contribution in [0.3, 0.4) is 0 Å². The average Bonchev–Trinajstić information content (AvgIpc) is 1.83. The molecule has 3 heteroatoms. The maximum Gasteiger partial charge on any atom is 0.495 e. The zero-order valence-electron chi connectivity index (χ0n) is 5.51. The Morgan fingerprint density at radius 3 is 2.78 bits per heavy atom. The van der Waals surface area contributed by atoms with Crippen LogP contribution in [0.1, 0.15) is 5.69 Å². The minimum atomic E-state index is -0.0741. The van der Waals surface area contributed by atoms with Gasteiger partial charge in [-0.3, -0.25) is 0 Å². The number of aromatic amines is 1. The Hall–Kier alpha value is -1.12. The van der Waals surface area contributed by atoms with E-state index in [1.165, 1.54) is 0 Å². The van der Waals surface area contributed by atoms with Gasteiger partial charge in [-0.25, -0.2) is 4.98 Å². The number of rotatable bonds is 0. The van der Waals surface area contributed by atoms with Crippen molar-refractivity contribution in [3.8, 4) is 0 Å². The Labute approximate surface area is 53.0 Å². The summed E-state index contributed by atoms with van der Waals surface area (Å²) in [7, 11) is 1.73. The molecular weight excluding hydrogens is 116 g/mol. The van der Waals surface area contributed by atoms with Gasteiger partial charge in [0.15, 0.2) is 0 Å². The van der Waals surface area contributed by atoms with Gasteiger partial charge in [0.25, 0.3) is 0 Å². The molecule has 9 heavy (non-hydrogen) atoms. The van der Waals surface area contributed by atoms with Crippen LogP contribution in [0.4, 0.5) is 0 Å². The first-order valence-corrected chi connectivity index (χ1v) is 2.76. The van der Waals surface area contributed by atoms with E-state index in [4.69, 9.17) is 0 Å². The van der Waals surface area contributed by atoms with Gasteiger partial charge in [0.05, 0.1) is 13.2 Å². The highest BCUT2D eigenvalue weighted by Crippen LogP contribution is 1.76. The van der Waals surface area contributed by atoms with E-state index in [2.05, 4.69) is 4.98 Å². The van der Waals surface area contributed by atoms with Crippen molar-refractivity contribution in [1.29, 1.82) is 0 Å².